The molecule has 0 unspecified atom stereocenters. The number of rotatable bonds is 7. The highest BCUT2D eigenvalue weighted by Crippen LogP contribution is 2.34. The summed E-state index contributed by atoms with van der Waals surface area (Å²) in [4.78, 5) is 36.1. The van der Waals surface area contributed by atoms with Crippen molar-refractivity contribution in [3.63, 3.8) is 0 Å². The van der Waals surface area contributed by atoms with E-state index in [4.69, 9.17) is 16.3 Å². The van der Waals surface area contributed by atoms with Crippen molar-refractivity contribution in [3.8, 4) is 0 Å². The smallest absolute Gasteiger partial charge is 0.325 e. The van der Waals surface area contributed by atoms with Gasteiger partial charge in [0.1, 0.15) is 11.4 Å². The Morgan fingerprint density at radius 1 is 0.964 bits per heavy atom. The Labute approximate surface area is 170 Å². The second kappa shape index (κ2) is 9.34. The molecule has 8 heteroatoms. The lowest BCUT2D eigenvalue weighted by Gasteiger charge is -2.07. The first-order valence-electron chi connectivity index (χ1n) is 8.46. The van der Waals surface area contributed by atoms with Crippen LogP contribution in [0.2, 0.25) is 5.02 Å². The van der Waals surface area contributed by atoms with Crippen LogP contribution in [-0.2, 0) is 20.9 Å². The molecule has 3 rings (SSSR count). The van der Waals surface area contributed by atoms with Gasteiger partial charge in [-0.1, -0.05) is 60.1 Å². The number of ether oxygens (including phenoxy) is 1. The maximum absolute atomic E-state index is 12.3. The quantitative estimate of drug-likeness (QED) is 0.579. The molecule has 2 aromatic carbocycles. The third kappa shape index (κ3) is 5.09. The maximum Gasteiger partial charge on any atom is 0.325 e. The predicted molar refractivity (Wildman–Crippen MR) is 108 cm³/mol. The predicted octanol–water partition coefficient (Wildman–Crippen LogP) is 3.14. The van der Waals surface area contributed by atoms with E-state index in [2.05, 4.69) is 10.6 Å². The van der Waals surface area contributed by atoms with Crippen molar-refractivity contribution >= 4 is 50.8 Å². The summed E-state index contributed by atoms with van der Waals surface area (Å²) in [7, 11) is 0. The molecule has 0 spiro atoms. The molecule has 0 saturated carbocycles. The highest BCUT2D eigenvalue weighted by atomic mass is 35.5. The Hall–Kier alpha value is -2.90. The van der Waals surface area contributed by atoms with Gasteiger partial charge in [-0.3, -0.25) is 14.4 Å². The number of halogens is 1. The average Bonchev–Trinajstić information content (AvgIpc) is 3.06. The first-order chi connectivity index (χ1) is 13.5. The lowest BCUT2D eigenvalue weighted by molar-refractivity contribution is -0.147. The molecule has 28 heavy (non-hydrogen) atoms. The van der Waals surface area contributed by atoms with Crippen LogP contribution < -0.4 is 10.6 Å². The van der Waals surface area contributed by atoms with Crippen molar-refractivity contribution in [2.24, 2.45) is 0 Å². The van der Waals surface area contributed by atoms with Gasteiger partial charge < -0.3 is 15.4 Å². The van der Waals surface area contributed by atoms with Crippen molar-refractivity contribution < 1.29 is 19.1 Å². The molecule has 0 aliphatic carbocycles. The van der Waals surface area contributed by atoms with E-state index in [-0.39, 0.29) is 6.54 Å². The fraction of sp³-hybridized carbons (Fsp3) is 0.150. The minimum Gasteiger partial charge on any atom is -0.454 e. The van der Waals surface area contributed by atoms with Crippen molar-refractivity contribution in [3.05, 3.63) is 70.1 Å². The first-order valence-corrected chi connectivity index (χ1v) is 9.65. The lowest BCUT2D eigenvalue weighted by Crippen LogP contribution is -2.33. The number of esters is 1. The van der Waals surface area contributed by atoms with Gasteiger partial charge in [-0.05, 0) is 11.6 Å². The Kier molecular flexibility index (Phi) is 6.62. The fourth-order valence-corrected chi connectivity index (χ4v) is 3.87. The van der Waals surface area contributed by atoms with Crippen molar-refractivity contribution in [1.29, 1.82) is 0 Å². The summed E-state index contributed by atoms with van der Waals surface area (Å²) in [5.74, 6) is -1.59. The molecule has 0 radical (unpaired) electrons. The van der Waals surface area contributed by atoms with Crippen LogP contribution in [0.25, 0.3) is 10.1 Å². The Balaban J connectivity index is 1.43. The second-order valence-corrected chi connectivity index (χ2v) is 7.28. The zero-order valence-electron chi connectivity index (χ0n) is 14.7. The molecule has 144 valence electrons. The van der Waals surface area contributed by atoms with E-state index >= 15 is 0 Å². The third-order valence-electron chi connectivity index (χ3n) is 3.83. The first kappa shape index (κ1) is 19.9. The van der Waals surface area contributed by atoms with Crippen molar-refractivity contribution in [1.82, 2.24) is 10.6 Å². The van der Waals surface area contributed by atoms with E-state index < -0.39 is 24.4 Å². The lowest BCUT2D eigenvalue weighted by atomic mass is 10.2. The molecule has 0 aliphatic heterocycles. The van der Waals surface area contributed by atoms with Gasteiger partial charge in [-0.15, -0.1) is 11.3 Å². The van der Waals surface area contributed by atoms with E-state index in [1.165, 1.54) is 11.3 Å². The summed E-state index contributed by atoms with van der Waals surface area (Å²) in [5, 5.41) is 6.25. The average molecular weight is 417 g/mol. The highest BCUT2D eigenvalue weighted by Gasteiger charge is 2.18. The zero-order valence-corrected chi connectivity index (χ0v) is 16.3. The molecule has 1 heterocycles. The fourth-order valence-electron chi connectivity index (χ4n) is 2.44. The van der Waals surface area contributed by atoms with E-state index in [0.717, 1.165) is 15.6 Å². The molecule has 0 fully saturated rings. The number of nitrogens with one attached hydrogen (secondary N) is 2. The summed E-state index contributed by atoms with van der Waals surface area (Å²) in [5.41, 5.74) is 0.939. The van der Waals surface area contributed by atoms with Crippen LogP contribution in [0, 0.1) is 0 Å². The number of carbonyl (C=O) groups excluding carboxylic acids is 3. The number of carbonyl (C=O) groups is 3. The normalized spacial score (nSPS) is 10.5. The van der Waals surface area contributed by atoms with Crippen molar-refractivity contribution in [2.75, 3.05) is 13.2 Å². The number of amides is 2. The largest absolute Gasteiger partial charge is 0.454 e. The highest BCUT2D eigenvalue weighted by molar-refractivity contribution is 7.21. The van der Waals surface area contributed by atoms with Gasteiger partial charge in [0, 0.05) is 16.6 Å². The summed E-state index contributed by atoms with van der Waals surface area (Å²) in [6, 6.07) is 16.8. The summed E-state index contributed by atoms with van der Waals surface area (Å²) in [6.45, 7) is -0.418. The molecule has 0 bridgehead atoms. The van der Waals surface area contributed by atoms with Crippen LogP contribution in [-0.4, -0.2) is 30.9 Å². The van der Waals surface area contributed by atoms with Gasteiger partial charge >= 0.3 is 5.97 Å². The number of thiophene rings is 1. The van der Waals surface area contributed by atoms with Gasteiger partial charge in [-0.2, -0.15) is 0 Å². The van der Waals surface area contributed by atoms with E-state index in [9.17, 15) is 14.4 Å². The van der Waals surface area contributed by atoms with Crippen LogP contribution in [0.4, 0.5) is 0 Å². The molecule has 0 aliphatic rings. The molecule has 2 N–H and O–H groups in total. The Morgan fingerprint density at radius 2 is 1.68 bits per heavy atom. The number of benzene rings is 2. The molecular weight excluding hydrogens is 400 g/mol. The van der Waals surface area contributed by atoms with Crippen molar-refractivity contribution in [2.45, 2.75) is 6.54 Å². The molecule has 0 atom stereocenters. The van der Waals surface area contributed by atoms with Gasteiger partial charge in [0.15, 0.2) is 6.61 Å². The summed E-state index contributed by atoms with van der Waals surface area (Å²) in [6.07, 6.45) is 0. The minimum atomic E-state index is -0.708. The van der Waals surface area contributed by atoms with Crippen LogP contribution in [0.15, 0.2) is 54.6 Å². The topological polar surface area (TPSA) is 84.5 Å². The minimum absolute atomic E-state index is 0.330. The third-order valence-corrected chi connectivity index (χ3v) is 5.51. The van der Waals surface area contributed by atoms with Gasteiger partial charge in [0.25, 0.3) is 11.8 Å². The van der Waals surface area contributed by atoms with Gasteiger partial charge in [0.05, 0.1) is 5.02 Å². The standard InChI is InChI=1S/C20H17ClN2O4S/c21-18-14-8-4-5-9-15(14)28-19(18)20(26)23-11-17(25)27-12-16(24)22-10-13-6-2-1-3-7-13/h1-9H,10-12H2,(H,22,24)(H,23,26). The molecule has 2 amide bonds. The maximum atomic E-state index is 12.3. The Bertz CT molecular complexity index is 1000. The molecule has 1 aromatic heterocycles. The van der Waals surface area contributed by atoms with Gasteiger partial charge in [0.2, 0.25) is 0 Å². The number of hydrogen-bond donors (Lipinski definition) is 2. The SMILES string of the molecule is O=C(COC(=O)CNC(=O)c1sc2ccccc2c1Cl)NCc1ccccc1. The summed E-state index contributed by atoms with van der Waals surface area (Å²) < 4.78 is 5.76. The van der Waals surface area contributed by atoms with Crippen LogP contribution in [0.5, 0.6) is 0 Å². The summed E-state index contributed by atoms with van der Waals surface area (Å²) >= 11 is 7.48. The number of hydrogen-bond acceptors (Lipinski definition) is 5. The van der Waals surface area contributed by atoms with Crippen LogP contribution >= 0.6 is 22.9 Å². The molecule has 6 nitrogen and oxygen atoms in total. The van der Waals surface area contributed by atoms with E-state index in [1.54, 1.807) is 0 Å². The van der Waals surface area contributed by atoms with Gasteiger partial charge in [-0.25, -0.2) is 0 Å². The van der Waals surface area contributed by atoms with E-state index in [1.807, 2.05) is 54.6 Å². The number of fused-ring (bicyclic) bond motifs is 1. The second-order valence-electron chi connectivity index (χ2n) is 5.85. The monoisotopic (exact) mass is 416 g/mol. The molecule has 0 saturated heterocycles. The van der Waals surface area contributed by atoms with E-state index in [0.29, 0.717) is 16.4 Å². The van der Waals surface area contributed by atoms with Crippen LogP contribution in [0.3, 0.4) is 0 Å². The zero-order chi connectivity index (χ0) is 19.9. The Morgan fingerprint density at radius 3 is 2.43 bits per heavy atom. The van der Waals surface area contributed by atoms with Crippen LogP contribution in [0.1, 0.15) is 15.2 Å². The molecule has 3 aromatic rings. The molecular formula is C20H17ClN2O4S.